The largest absolute Gasteiger partial charge is 0.489 e. The van der Waals surface area contributed by atoms with E-state index in [9.17, 15) is 14.4 Å². The Balaban J connectivity index is 2.34. The van der Waals surface area contributed by atoms with Crippen molar-refractivity contribution >= 4 is 23.9 Å². The van der Waals surface area contributed by atoms with Crippen LogP contribution < -0.4 is 15.4 Å². The number of carbonyl (C=O) groups excluding carboxylic acids is 3. The van der Waals surface area contributed by atoms with Crippen LogP contribution in [0, 0.1) is 0 Å². The van der Waals surface area contributed by atoms with E-state index >= 15 is 0 Å². The molecular weight excluding hydrogens is 260 g/mol. The van der Waals surface area contributed by atoms with Gasteiger partial charge in [0.25, 0.3) is 11.8 Å². The number of ether oxygens (including phenoxy) is 1. The summed E-state index contributed by atoms with van der Waals surface area (Å²) in [4.78, 5) is 34.2. The summed E-state index contributed by atoms with van der Waals surface area (Å²) in [5.41, 5.74) is 0.406. The number of hydrogen-bond acceptors (Lipinski definition) is 4. The van der Waals surface area contributed by atoms with Crippen LogP contribution in [0.4, 0.5) is 4.79 Å². The highest BCUT2D eigenvalue weighted by atomic mass is 16.5. The van der Waals surface area contributed by atoms with E-state index < -0.39 is 17.8 Å². The Labute approximate surface area is 115 Å². The molecular formula is C14H12N2O4. The second-order valence-corrected chi connectivity index (χ2v) is 3.93. The molecule has 4 amide bonds. The first-order chi connectivity index (χ1) is 9.61. The fourth-order valence-corrected chi connectivity index (χ4v) is 1.64. The molecule has 1 aliphatic rings. The summed E-state index contributed by atoms with van der Waals surface area (Å²) in [6.07, 6.45) is 2.96. The average molecular weight is 272 g/mol. The third-order valence-corrected chi connectivity index (χ3v) is 2.52. The fraction of sp³-hybridized carbons (Fsp3) is 0.0714. The van der Waals surface area contributed by atoms with Gasteiger partial charge in [-0.2, -0.15) is 0 Å². The Bertz CT molecular complexity index is 597. The highest BCUT2D eigenvalue weighted by Gasteiger charge is 2.27. The minimum Gasteiger partial charge on any atom is -0.489 e. The number of para-hydroxylation sites is 1. The van der Waals surface area contributed by atoms with E-state index in [1.807, 2.05) is 10.6 Å². The summed E-state index contributed by atoms with van der Waals surface area (Å²) in [7, 11) is 0. The van der Waals surface area contributed by atoms with Gasteiger partial charge in [-0.15, -0.1) is 0 Å². The summed E-state index contributed by atoms with van der Waals surface area (Å²) in [6, 6.07) is 6.10. The molecule has 0 atom stereocenters. The Morgan fingerprint density at radius 3 is 2.40 bits per heavy atom. The molecule has 102 valence electrons. The van der Waals surface area contributed by atoms with Gasteiger partial charge in [0.05, 0.1) is 0 Å². The number of urea groups is 1. The zero-order chi connectivity index (χ0) is 14.5. The molecule has 0 radical (unpaired) electrons. The average Bonchev–Trinajstić information content (AvgIpc) is 2.41. The lowest BCUT2D eigenvalue weighted by molar-refractivity contribution is -0.123. The van der Waals surface area contributed by atoms with E-state index in [2.05, 4.69) is 6.58 Å². The predicted octanol–water partition coefficient (Wildman–Crippen LogP) is 1.00. The third-order valence-electron chi connectivity index (χ3n) is 2.52. The molecule has 0 aliphatic carbocycles. The van der Waals surface area contributed by atoms with Crippen LogP contribution >= 0.6 is 0 Å². The van der Waals surface area contributed by atoms with Gasteiger partial charge in [0, 0.05) is 5.56 Å². The summed E-state index contributed by atoms with van der Waals surface area (Å²) in [5, 5.41) is 4.02. The molecule has 0 saturated carbocycles. The Hall–Kier alpha value is -2.89. The van der Waals surface area contributed by atoms with Crippen molar-refractivity contribution in [1.82, 2.24) is 10.6 Å². The predicted molar refractivity (Wildman–Crippen MR) is 71.8 cm³/mol. The van der Waals surface area contributed by atoms with Crippen molar-refractivity contribution in [2.24, 2.45) is 0 Å². The van der Waals surface area contributed by atoms with Gasteiger partial charge < -0.3 is 4.74 Å². The van der Waals surface area contributed by atoms with Crippen molar-refractivity contribution in [2.45, 2.75) is 0 Å². The molecule has 6 nitrogen and oxygen atoms in total. The van der Waals surface area contributed by atoms with Gasteiger partial charge in [0.2, 0.25) is 0 Å². The van der Waals surface area contributed by atoms with Crippen LogP contribution in [0.15, 0.2) is 42.5 Å². The topological polar surface area (TPSA) is 84.5 Å². The van der Waals surface area contributed by atoms with Gasteiger partial charge in [-0.3, -0.25) is 20.2 Å². The van der Waals surface area contributed by atoms with E-state index in [0.717, 1.165) is 0 Å². The standard InChI is InChI=1S/C14H12N2O4/c1-2-7-20-11-6-4-3-5-9(11)8-10-12(17)15-14(19)16-13(10)18/h2-6,8H,1,7H2,(H2,15,16,17,18,19). The molecule has 0 bridgehead atoms. The number of carbonyl (C=O) groups is 3. The summed E-state index contributed by atoms with van der Waals surface area (Å²) in [5.74, 6) is -0.966. The minimum absolute atomic E-state index is 0.153. The monoisotopic (exact) mass is 272 g/mol. The molecule has 2 N–H and O–H groups in total. The smallest absolute Gasteiger partial charge is 0.328 e. The SMILES string of the molecule is C=CCOc1ccccc1C=C1C(=O)NC(=O)NC1=O. The van der Waals surface area contributed by atoms with E-state index in [4.69, 9.17) is 4.74 Å². The van der Waals surface area contributed by atoms with Gasteiger partial charge in [0.1, 0.15) is 17.9 Å². The zero-order valence-corrected chi connectivity index (χ0v) is 10.5. The van der Waals surface area contributed by atoms with Crippen molar-refractivity contribution < 1.29 is 19.1 Å². The molecule has 1 fully saturated rings. The first-order valence-corrected chi connectivity index (χ1v) is 5.83. The number of benzene rings is 1. The normalized spacial score (nSPS) is 14.4. The van der Waals surface area contributed by atoms with E-state index in [-0.39, 0.29) is 5.57 Å². The van der Waals surface area contributed by atoms with Gasteiger partial charge in [-0.25, -0.2) is 4.79 Å². The molecule has 0 spiro atoms. The molecule has 2 rings (SSSR count). The van der Waals surface area contributed by atoms with Crippen molar-refractivity contribution in [3.63, 3.8) is 0 Å². The molecule has 0 aromatic heterocycles. The molecule has 1 aromatic rings. The minimum atomic E-state index is -0.826. The summed E-state index contributed by atoms with van der Waals surface area (Å²) in [6.45, 7) is 3.85. The second kappa shape index (κ2) is 5.83. The molecule has 0 unspecified atom stereocenters. The van der Waals surface area contributed by atoms with Crippen LogP contribution in [0.25, 0.3) is 6.08 Å². The zero-order valence-electron chi connectivity index (χ0n) is 10.5. The van der Waals surface area contributed by atoms with Crippen LogP contribution in [-0.4, -0.2) is 24.5 Å². The fourth-order valence-electron chi connectivity index (χ4n) is 1.64. The van der Waals surface area contributed by atoms with E-state index in [1.165, 1.54) is 6.08 Å². The number of hydrogen-bond donors (Lipinski definition) is 2. The quantitative estimate of drug-likeness (QED) is 0.486. The molecule has 20 heavy (non-hydrogen) atoms. The number of barbiturate groups is 1. The van der Waals surface area contributed by atoms with Crippen LogP contribution in [0.3, 0.4) is 0 Å². The Kier molecular flexibility index (Phi) is 3.95. The highest BCUT2D eigenvalue weighted by Crippen LogP contribution is 2.21. The first kappa shape index (κ1) is 13.5. The van der Waals surface area contributed by atoms with Crippen LogP contribution in [0.1, 0.15) is 5.56 Å². The Morgan fingerprint density at radius 1 is 1.10 bits per heavy atom. The van der Waals surface area contributed by atoms with Crippen molar-refractivity contribution in [3.8, 4) is 5.75 Å². The summed E-state index contributed by atoms with van der Waals surface area (Å²) < 4.78 is 5.43. The van der Waals surface area contributed by atoms with Crippen LogP contribution in [-0.2, 0) is 9.59 Å². The molecule has 1 saturated heterocycles. The van der Waals surface area contributed by atoms with Gasteiger partial charge in [-0.05, 0) is 12.1 Å². The number of nitrogens with one attached hydrogen (secondary N) is 2. The molecule has 6 heteroatoms. The van der Waals surface area contributed by atoms with Crippen molar-refractivity contribution in [3.05, 3.63) is 48.1 Å². The maximum absolute atomic E-state index is 11.6. The maximum Gasteiger partial charge on any atom is 0.328 e. The highest BCUT2D eigenvalue weighted by molar-refractivity contribution is 6.31. The first-order valence-electron chi connectivity index (χ1n) is 5.83. The maximum atomic E-state index is 11.6. The molecule has 1 aliphatic heterocycles. The van der Waals surface area contributed by atoms with E-state index in [0.29, 0.717) is 17.9 Å². The third kappa shape index (κ3) is 2.92. The number of imide groups is 2. The van der Waals surface area contributed by atoms with Crippen molar-refractivity contribution in [1.29, 1.82) is 0 Å². The van der Waals surface area contributed by atoms with Crippen molar-refractivity contribution in [2.75, 3.05) is 6.61 Å². The lowest BCUT2D eigenvalue weighted by atomic mass is 10.1. The number of amides is 4. The molecule has 1 heterocycles. The van der Waals surface area contributed by atoms with Crippen LogP contribution in [0.2, 0.25) is 0 Å². The Morgan fingerprint density at radius 2 is 1.75 bits per heavy atom. The van der Waals surface area contributed by atoms with Crippen LogP contribution in [0.5, 0.6) is 5.75 Å². The lowest BCUT2D eigenvalue weighted by Gasteiger charge is -2.14. The van der Waals surface area contributed by atoms with E-state index in [1.54, 1.807) is 30.3 Å². The lowest BCUT2D eigenvalue weighted by Crippen LogP contribution is -2.51. The summed E-state index contributed by atoms with van der Waals surface area (Å²) >= 11 is 0. The van der Waals surface area contributed by atoms with Gasteiger partial charge >= 0.3 is 6.03 Å². The van der Waals surface area contributed by atoms with Gasteiger partial charge in [0.15, 0.2) is 0 Å². The van der Waals surface area contributed by atoms with Gasteiger partial charge in [-0.1, -0.05) is 30.9 Å². The number of rotatable bonds is 4. The molecule has 1 aromatic carbocycles. The second-order valence-electron chi connectivity index (χ2n) is 3.93.